The highest BCUT2D eigenvalue weighted by molar-refractivity contribution is 6.02. The van der Waals surface area contributed by atoms with Gasteiger partial charge in [-0.15, -0.1) is 0 Å². The summed E-state index contributed by atoms with van der Waals surface area (Å²) in [6.45, 7) is 4.91. The summed E-state index contributed by atoms with van der Waals surface area (Å²) in [4.78, 5) is 52.5. The van der Waals surface area contributed by atoms with Crippen LogP contribution in [0.1, 0.15) is 41.2 Å². The third-order valence-electron chi connectivity index (χ3n) is 7.54. The second-order valence-electron chi connectivity index (χ2n) is 9.92. The van der Waals surface area contributed by atoms with Crippen LogP contribution in [0.25, 0.3) is 10.9 Å². The SMILES string of the molecule is C=NC[C@H](C[C@@H]1CCNC1=O)NC(=O)[C@@H]1C[C@@H](c2ccncc2)CN1C(=O)c1cc2c(OC)cccc2[nH]1. The standard InChI is InChI=1S/C28H32N6O4/c1-29-15-20(12-18-8-11-31-26(18)35)32-27(36)24-13-19(17-6-9-30-10-7-17)16-34(24)28(37)23-14-21-22(33-23)4-3-5-25(21)38-2/h3-7,9-10,14,18-20,24,33H,1,8,11-13,15-16H2,2H3,(H,31,35)(H,32,36)/t18-,19+,20-,24-/m0/s1. The molecule has 5 rings (SSSR count). The van der Waals surface area contributed by atoms with Gasteiger partial charge in [-0.2, -0.15) is 0 Å². The monoisotopic (exact) mass is 516 g/mol. The number of amides is 3. The van der Waals surface area contributed by atoms with E-state index >= 15 is 0 Å². The number of hydrogen-bond acceptors (Lipinski definition) is 6. The first-order valence-corrected chi connectivity index (χ1v) is 12.9. The number of fused-ring (bicyclic) bond motifs is 1. The van der Waals surface area contributed by atoms with Crippen molar-refractivity contribution < 1.29 is 19.1 Å². The fraction of sp³-hybridized carbons (Fsp3) is 0.393. The highest BCUT2D eigenvalue weighted by Gasteiger charge is 2.41. The number of ether oxygens (including phenoxy) is 1. The minimum Gasteiger partial charge on any atom is -0.496 e. The molecule has 4 heterocycles. The Morgan fingerprint density at radius 1 is 1.29 bits per heavy atom. The zero-order valence-corrected chi connectivity index (χ0v) is 21.4. The molecule has 4 atom stereocenters. The number of methoxy groups -OCH3 is 1. The number of H-pyrrole nitrogens is 1. The van der Waals surface area contributed by atoms with E-state index < -0.39 is 6.04 Å². The molecule has 0 radical (unpaired) electrons. The number of likely N-dealkylation sites (tertiary alicyclic amines) is 1. The van der Waals surface area contributed by atoms with Crippen LogP contribution >= 0.6 is 0 Å². The van der Waals surface area contributed by atoms with Crippen molar-refractivity contribution in [1.29, 1.82) is 0 Å². The average molecular weight is 517 g/mol. The van der Waals surface area contributed by atoms with E-state index in [2.05, 4.69) is 32.3 Å². The Kier molecular flexibility index (Phi) is 7.39. The predicted octanol–water partition coefficient (Wildman–Crippen LogP) is 2.28. The number of carbonyl (C=O) groups is 3. The number of aromatic nitrogens is 2. The summed E-state index contributed by atoms with van der Waals surface area (Å²) >= 11 is 0. The average Bonchev–Trinajstić information content (AvgIpc) is 3.67. The summed E-state index contributed by atoms with van der Waals surface area (Å²) in [5.41, 5.74) is 2.20. The summed E-state index contributed by atoms with van der Waals surface area (Å²) in [7, 11) is 1.59. The third kappa shape index (κ3) is 5.11. The number of benzene rings is 1. The fourth-order valence-corrected chi connectivity index (χ4v) is 5.61. The molecule has 10 nitrogen and oxygen atoms in total. The van der Waals surface area contributed by atoms with Gasteiger partial charge < -0.3 is 25.3 Å². The molecule has 3 N–H and O–H groups in total. The second kappa shape index (κ2) is 11.0. The zero-order valence-electron chi connectivity index (χ0n) is 21.4. The fourth-order valence-electron chi connectivity index (χ4n) is 5.61. The molecule has 0 spiro atoms. The van der Waals surface area contributed by atoms with Gasteiger partial charge in [0.2, 0.25) is 11.8 Å². The van der Waals surface area contributed by atoms with Crippen LogP contribution in [0.3, 0.4) is 0 Å². The van der Waals surface area contributed by atoms with Crippen LogP contribution in [0.4, 0.5) is 0 Å². The maximum absolute atomic E-state index is 13.8. The van der Waals surface area contributed by atoms with E-state index in [-0.39, 0.29) is 35.6 Å². The zero-order chi connectivity index (χ0) is 26.6. The van der Waals surface area contributed by atoms with Crippen LogP contribution in [-0.2, 0) is 9.59 Å². The lowest BCUT2D eigenvalue weighted by molar-refractivity contribution is -0.126. The summed E-state index contributed by atoms with van der Waals surface area (Å²) in [6.07, 6.45) is 5.12. The highest BCUT2D eigenvalue weighted by atomic mass is 16.5. The lowest BCUT2D eigenvalue weighted by atomic mass is 9.96. The molecular formula is C28H32N6O4. The molecule has 198 valence electrons. The molecule has 0 unspecified atom stereocenters. The second-order valence-corrected chi connectivity index (χ2v) is 9.92. The maximum atomic E-state index is 13.8. The van der Waals surface area contributed by atoms with E-state index in [1.807, 2.05) is 30.3 Å². The van der Waals surface area contributed by atoms with E-state index in [4.69, 9.17) is 4.74 Å². The number of carbonyl (C=O) groups excluding carboxylic acids is 3. The van der Waals surface area contributed by atoms with Gasteiger partial charge in [-0.1, -0.05) is 6.07 Å². The number of nitrogens with zero attached hydrogens (tertiary/aromatic N) is 3. The van der Waals surface area contributed by atoms with Gasteiger partial charge in [0.15, 0.2) is 0 Å². The summed E-state index contributed by atoms with van der Waals surface area (Å²) in [6, 6.07) is 10.2. The van der Waals surface area contributed by atoms with Crippen molar-refractivity contribution >= 4 is 35.3 Å². The lowest BCUT2D eigenvalue weighted by Crippen LogP contribution is -2.50. The molecule has 0 saturated carbocycles. The van der Waals surface area contributed by atoms with Gasteiger partial charge in [-0.05, 0) is 61.9 Å². The van der Waals surface area contributed by atoms with Crippen LogP contribution < -0.4 is 15.4 Å². The first-order valence-electron chi connectivity index (χ1n) is 12.9. The number of hydrogen-bond donors (Lipinski definition) is 3. The first-order chi connectivity index (χ1) is 18.5. The van der Waals surface area contributed by atoms with E-state index in [0.29, 0.717) is 43.9 Å². The molecule has 2 aliphatic heterocycles. The van der Waals surface area contributed by atoms with Gasteiger partial charge in [-0.3, -0.25) is 24.4 Å². The Labute approximate surface area is 220 Å². The van der Waals surface area contributed by atoms with Crippen LogP contribution in [0.2, 0.25) is 0 Å². The molecule has 3 amide bonds. The molecule has 2 fully saturated rings. The Hall–Kier alpha value is -4.21. The minimum atomic E-state index is -0.682. The molecule has 2 saturated heterocycles. The van der Waals surface area contributed by atoms with Gasteiger partial charge in [0.25, 0.3) is 5.91 Å². The number of aliphatic imine (C=N–C) groups is 1. The molecule has 2 aromatic heterocycles. The highest BCUT2D eigenvalue weighted by Crippen LogP contribution is 2.34. The van der Waals surface area contributed by atoms with Gasteiger partial charge >= 0.3 is 0 Å². The van der Waals surface area contributed by atoms with Crippen LogP contribution in [0.15, 0.2) is 53.8 Å². The largest absolute Gasteiger partial charge is 0.496 e. The van der Waals surface area contributed by atoms with Crippen molar-refractivity contribution in [2.75, 3.05) is 26.7 Å². The van der Waals surface area contributed by atoms with Crippen molar-refractivity contribution in [3.63, 3.8) is 0 Å². The minimum absolute atomic E-state index is 0.00188. The predicted molar refractivity (Wildman–Crippen MR) is 143 cm³/mol. The Balaban J connectivity index is 1.40. The summed E-state index contributed by atoms with van der Waals surface area (Å²) in [5, 5.41) is 6.71. The van der Waals surface area contributed by atoms with Crippen molar-refractivity contribution in [3.05, 3.63) is 60.0 Å². The number of aromatic amines is 1. The molecule has 1 aromatic carbocycles. The van der Waals surface area contributed by atoms with E-state index in [1.165, 1.54) is 0 Å². The maximum Gasteiger partial charge on any atom is 0.271 e. The van der Waals surface area contributed by atoms with E-state index in [9.17, 15) is 14.4 Å². The molecular weight excluding hydrogens is 484 g/mol. The van der Waals surface area contributed by atoms with Gasteiger partial charge in [0.05, 0.1) is 13.7 Å². The van der Waals surface area contributed by atoms with E-state index in [0.717, 1.165) is 22.9 Å². The molecule has 3 aromatic rings. The number of pyridine rings is 1. The Morgan fingerprint density at radius 3 is 2.82 bits per heavy atom. The third-order valence-corrected chi connectivity index (χ3v) is 7.54. The molecule has 0 aliphatic carbocycles. The normalized spacial score (nSPS) is 21.8. The Bertz CT molecular complexity index is 1340. The van der Waals surface area contributed by atoms with Gasteiger partial charge in [0.1, 0.15) is 17.5 Å². The smallest absolute Gasteiger partial charge is 0.271 e. The van der Waals surface area contributed by atoms with Crippen molar-refractivity contribution in [2.45, 2.75) is 37.3 Å². The quantitative estimate of drug-likeness (QED) is 0.376. The van der Waals surface area contributed by atoms with Crippen LogP contribution in [0, 0.1) is 5.92 Å². The lowest BCUT2D eigenvalue weighted by Gasteiger charge is -2.26. The molecule has 10 heteroatoms. The molecule has 2 aliphatic rings. The van der Waals surface area contributed by atoms with Crippen LogP contribution in [0.5, 0.6) is 5.75 Å². The summed E-state index contributed by atoms with van der Waals surface area (Å²) in [5.74, 6) is -0.0384. The number of rotatable bonds is 9. The van der Waals surface area contributed by atoms with Crippen LogP contribution in [-0.4, -0.2) is 78.1 Å². The first kappa shape index (κ1) is 25.4. The Morgan fingerprint density at radius 2 is 2.11 bits per heavy atom. The van der Waals surface area contributed by atoms with Gasteiger partial charge in [0, 0.05) is 54.3 Å². The van der Waals surface area contributed by atoms with Crippen molar-refractivity contribution in [2.24, 2.45) is 10.9 Å². The van der Waals surface area contributed by atoms with Crippen molar-refractivity contribution in [3.8, 4) is 5.75 Å². The number of nitrogens with one attached hydrogen (secondary N) is 3. The van der Waals surface area contributed by atoms with Gasteiger partial charge in [-0.25, -0.2) is 0 Å². The summed E-state index contributed by atoms with van der Waals surface area (Å²) < 4.78 is 5.45. The topological polar surface area (TPSA) is 129 Å². The molecule has 38 heavy (non-hydrogen) atoms. The van der Waals surface area contributed by atoms with E-state index in [1.54, 1.807) is 30.5 Å². The molecule has 0 bridgehead atoms. The van der Waals surface area contributed by atoms with Crippen molar-refractivity contribution in [1.82, 2.24) is 25.5 Å².